The van der Waals surface area contributed by atoms with Gasteiger partial charge in [-0.3, -0.25) is 15.6 Å². The van der Waals surface area contributed by atoms with Crippen LogP contribution < -0.4 is 11.3 Å². The number of hydrogen-bond donors (Lipinski definition) is 2. The fourth-order valence-corrected chi connectivity index (χ4v) is 3.01. The second kappa shape index (κ2) is 6.22. The number of hydrazine groups is 1. The van der Waals surface area contributed by atoms with Crippen molar-refractivity contribution in [2.24, 2.45) is 11.3 Å². The quantitative estimate of drug-likeness (QED) is 0.654. The Labute approximate surface area is 120 Å². The average molecular weight is 276 g/mol. The molecule has 110 valence electrons. The maximum atomic E-state index is 12.6. The molecule has 0 saturated carbocycles. The van der Waals surface area contributed by atoms with Gasteiger partial charge >= 0.3 is 0 Å². The molecule has 2 rings (SSSR count). The molecule has 0 aliphatic carbocycles. The van der Waals surface area contributed by atoms with E-state index < -0.39 is 0 Å². The van der Waals surface area contributed by atoms with E-state index >= 15 is 0 Å². The second-order valence-corrected chi connectivity index (χ2v) is 5.56. The van der Waals surface area contributed by atoms with Crippen molar-refractivity contribution in [3.63, 3.8) is 0 Å². The first kappa shape index (κ1) is 14.8. The molecule has 5 nitrogen and oxygen atoms in total. The number of carbonyl (C=O) groups is 1. The molecule has 1 saturated heterocycles. The number of nitrogen functional groups attached to an aromatic ring is 1. The summed E-state index contributed by atoms with van der Waals surface area (Å²) in [5, 5.41) is 0. The maximum absolute atomic E-state index is 12.6. The molecule has 3 N–H and O–H groups in total. The number of aromatic nitrogens is 1. The first-order chi connectivity index (χ1) is 9.65. The number of nitrogens with zero attached hydrogens (tertiary/aromatic N) is 2. The maximum Gasteiger partial charge on any atom is 0.256 e. The van der Waals surface area contributed by atoms with Gasteiger partial charge in [-0.1, -0.05) is 26.7 Å². The number of anilines is 1. The number of amides is 1. The van der Waals surface area contributed by atoms with E-state index in [0.29, 0.717) is 16.7 Å². The van der Waals surface area contributed by atoms with E-state index in [4.69, 9.17) is 5.84 Å². The number of likely N-dealkylation sites (tertiary alicyclic amines) is 1. The number of carbonyl (C=O) groups excluding carboxylic acids is 1. The molecule has 1 amide bonds. The molecule has 0 unspecified atom stereocenters. The number of nitrogens with two attached hydrogens (primary N) is 1. The molecule has 0 spiro atoms. The summed E-state index contributed by atoms with van der Waals surface area (Å²) in [5.74, 6) is 5.49. The Morgan fingerprint density at radius 1 is 1.40 bits per heavy atom. The lowest BCUT2D eigenvalue weighted by Gasteiger charge is -2.41. The van der Waals surface area contributed by atoms with Crippen molar-refractivity contribution in [3.05, 3.63) is 24.0 Å². The van der Waals surface area contributed by atoms with Crippen LogP contribution in [0.4, 0.5) is 5.69 Å². The van der Waals surface area contributed by atoms with Gasteiger partial charge in [-0.15, -0.1) is 0 Å². The zero-order valence-electron chi connectivity index (χ0n) is 12.4. The van der Waals surface area contributed by atoms with Crippen LogP contribution >= 0.6 is 0 Å². The standard InChI is InChI=1S/C15H24N4O/c1-3-15(4-2)6-9-19(10-7-15)14(20)12-5-8-17-11-13(12)18-16/h5,8,11,18H,3-4,6-7,9-10,16H2,1-2H3. The molecule has 1 aliphatic heterocycles. The van der Waals surface area contributed by atoms with Gasteiger partial charge in [0.2, 0.25) is 0 Å². The molecule has 1 aromatic heterocycles. The predicted molar refractivity (Wildman–Crippen MR) is 80.2 cm³/mol. The van der Waals surface area contributed by atoms with E-state index in [1.165, 1.54) is 12.8 Å². The number of nitrogens with one attached hydrogen (secondary N) is 1. The summed E-state index contributed by atoms with van der Waals surface area (Å²) in [7, 11) is 0. The van der Waals surface area contributed by atoms with Gasteiger partial charge in [-0.05, 0) is 24.3 Å². The minimum Gasteiger partial charge on any atom is -0.339 e. The van der Waals surface area contributed by atoms with E-state index in [-0.39, 0.29) is 5.91 Å². The van der Waals surface area contributed by atoms with Crippen molar-refractivity contribution >= 4 is 11.6 Å². The topological polar surface area (TPSA) is 71.2 Å². The largest absolute Gasteiger partial charge is 0.339 e. The lowest BCUT2D eigenvalue weighted by atomic mass is 9.74. The Hall–Kier alpha value is -1.62. The number of pyridine rings is 1. The van der Waals surface area contributed by atoms with E-state index in [2.05, 4.69) is 24.3 Å². The van der Waals surface area contributed by atoms with Crippen molar-refractivity contribution in [3.8, 4) is 0 Å². The zero-order chi connectivity index (χ0) is 14.6. The normalized spacial score (nSPS) is 17.9. The number of rotatable bonds is 4. The summed E-state index contributed by atoms with van der Waals surface area (Å²) in [6.45, 7) is 6.15. The average Bonchev–Trinajstić information content (AvgIpc) is 2.54. The van der Waals surface area contributed by atoms with E-state index in [9.17, 15) is 4.79 Å². The summed E-state index contributed by atoms with van der Waals surface area (Å²) < 4.78 is 0. The van der Waals surface area contributed by atoms with Gasteiger partial charge in [0, 0.05) is 19.3 Å². The summed E-state index contributed by atoms with van der Waals surface area (Å²) >= 11 is 0. The van der Waals surface area contributed by atoms with Gasteiger partial charge in [-0.2, -0.15) is 0 Å². The molecule has 0 aromatic carbocycles. The van der Waals surface area contributed by atoms with Crippen molar-refractivity contribution < 1.29 is 4.79 Å². The van der Waals surface area contributed by atoms with Crippen molar-refractivity contribution in [2.75, 3.05) is 18.5 Å². The Morgan fingerprint density at radius 3 is 2.60 bits per heavy atom. The highest BCUT2D eigenvalue weighted by molar-refractivity contribution is 5.99. The van der Waals surface area contributed by atoms with Gasteiger partial charge < -0.3 is 10.3 Å². The molecule has 1 aliphatic rings. The second-order valence-electron chi connectivity index (χ2n) is 5.56. The summed E-state index contributed by atoms with van der Waals surface area (Å²) in [4.78, 5) is 18.5. The van der Waals surface area contributed by atoms with Crippen molar-refractivity contribution in [2.45, 2.75) is 39.5 Å². The number of piperidine rings is 1. The Kier molecular flexibility index (Phi) is 4.60. The van der Waals surface area contributed by atoms with Crippen LogP contribution in [0.1, 0.15) is 49.9 Å². The Bertz CT molecular complexity index is 461. The fourth-order valence-electron chi connectivity index (χ4n) is 3.01. The summed E-state index contributed by atoms with van der Waals surface area (Å²) in [6, 6.07) is 1.72. The van der Waals surface area contributed by atoms with Crippen LogP contribution in [0.3, 0.4) is 0 Å². The molecule has 1 fully saturated rings. The van der Waals surface area contributed by atoms with Crippen LogP contribution in [-0.4, -0.2) is 28.9 Å². The third kappa shape index (κ3) is 2.77. The molecule has 0 atom stereocenters. The van der Waals surface area contributed by atoms with Gasteiger partial charge in [0.05, 0.1) is 17.4 Å². The van der Waals surface area contributed by atoms with E-state index in [0.717, 1.165) is 25.9 Å². The van der Waals surface area contributed by atoms with E-state index in [1.807, 2.05) is 4.90 Å². The molecule has 0 radical (unpaired) electrons. The van der Waals surface area contributed by atoms with Crippen molar-refractivity contribution in [1.29, 1.82) is 0 Å². The fraction of sp³-hybridized carbons (Fsp3) is 0.600. The van der Waals surface area contributed by atoms with Crippen molar-refractivity contribution in [1.82, 2.24) is 9.88 Å². The lowest BCUT2D eigenvalue weighted by molar-refractivity contribution is 0.0558. The van der Waals surface area contributed by atoms with Crippen LogP contribution in [0, 0.1) is 5.41 Å². The zero-order valence-corrected chi connectivity index (χ0v) is 12.4. The predicted octanol–water partition coefficient (Wildman–Crippen LogP) is 2.41. The lowest BCUT2D eigenvalue weighted by Crippen LogP contribution is -2.43. The smallest absolute Gasteiger partial charge is 0.256 e. The minimum atomic E-state index is 0.0427. The highest BCUT2D eigenvalue weighted by Gasteiger charge is 2.33. The van der Waals surface area contributed by atoms with Crippen LogP contribution in [0.5, 0.6) is 0 Å². The molecular formula is C15H24N4O. The SMILES string of the molecule is CCC1(CC)CCN(C(=O)c2ccncc2NN)CC1. The molecule has 1 aromatic rings. The van der Waals surface area contributed by atoms with Crippen LogP contribution in [0.15, 0.2) is 18.5 Å². The highest BCUT2D eigenvalue weighted by Crippen LogP contribution is 2.38. The van der Waals surface area contributed by atoms with Crippen LogP contribution in [0.2, 0.25) is 0 Å². The van der Waals surface area contributed by atoms with Gasteiger partial charge in [-0.25, -0.2) is 0 Å². The van der Waals surface area contributed by atoms with Crippen LogP contribution in [-0.2, 0) is 0 Å². The van der Waals surface area contributed by atoms with E-state index in [1.54, 1.807) is 18.5 Å². The third-order valence-electron chi connectivity index (χ3n) is 4.82. The van der Waals surface area contributed by atoms with Gasteiger partial charge in [0.15, 0.2) is 0 Å². The monoisotopic (exact) mass is 276 g/mol. The van der Waals surface area contributed by atoms with Gasteiger partial charge in [0.1, 0.15) is 0 Å². The number of hydrogen-bond acceptors (Lipinski definition) is 4. The highest BCUT2D eigenvalue weighted by atomic mass is 16.2. The summed E-state index contributed by atoms with van der Waals surface area (Å²) in [5.41, 5.74) is 4.15. The van der Waals surface area contributed by atoms with Gasteiger partial charge in [0.25, 0.3) is 5.91 Å². The Balaban J connectivity index is 2.09. The minimum absolute atomic E-state index is 0.0427. The molecule has 20 heavy (non-hydrogen) atoms. The Morgan fingerprint density at radius 2 is 2.05 bits per heavy atom. The summed E-state index contributed by atoms with van der Waals surface area (Å²) in [6.07, 6.45) is 7.76. The third-order valence-corrected chi connectivity index (χ3v) is 4.82. The van der Waals surface area contributed by atoms with Crippen LogP contribution in [0.25, 0.3) is 0 Å². The first-order valence-electron chi connectivity index (χ1n) is 7.35. The first-order valence-corrected chi connectivity index (χ1v) is 7.35. The molecule has 2 heterocycles. The molecule has 5 heteroatoms. The molecule has 0 bridgehead atoms. The molecular weight excluding hydrogens is 252 g/mol.